The van der Waals surface area contributed by atoms with Crippen molar-refractivity contribution in [1.82, 2.24) is 0 Å². The summed E-state index contributed by atoms with van der Waals surface area (Å²) in [5.41, 5.74) is 6.73. The molecule has 0 radical (unpaired) electrons. The minimum absolute atomic E-state index is 0.240. The van der Waals surface area contributed by atoms with Crippen molar-refractivity contribution in [3.8, 4) is 0 Å². The number of nitrogen functional groups attached to an aromatic ring is 1. The van der Waals surface area contributed by atoms with Crippen LogP contribution >= 0.6 is 0 Å². The molecule has 0 bridgehead atoms. The van der Waals surface area contributed by atoms with Crippen molar-refractivity contribution in [3.05, 3.63) is 24.0 Å². The van der Waals surface area contributed by atoms with E-state index in [9.17, 15) is 4.39 Å². The Morgan fingerprint density at radius 3 is 2.82 bits per heavy atom. The van der Waals surface area contributed by atoms with E-state index in [4.69, 9.17) is 5.73 Å². The number of nitrogens with one attached hydrogen (secondary N) is 1. The number of para-hydroxylation sites is 1. The quantitative estimate of drug-likeness (QED) is 0.605. The van der Waals surface area contributed by atoms with Crippen molar-refractivity contribution in [2.24, 2.45) is 5.92 Å². The predicted molar refractivity (Wildman–Crippen MR) is 70.5 cm³/mol. The highest BCUT2D eigenvalue weighted by molar-refractivity contribution is 5.66. The molecule has 1 fully saturated rings. The minimum Gasteiger partial charge on any atom is -0.395 e. The van der Waals surface area contributed by atoms with Crippen molar-refractivity contribution < 1.29 is 4.39 Å². The Hall–Kier alpha value is -1.25. The number of rotatable bonds is 2. The summed E-state index contributed by atoms with van der Waals surface area (Å²) in [6.45, 7) is 2.26. The molecular formula is C14H21FN2. The molecule has 0 spiro atoms. The summed E-state index contributed by atoms with van der Waals surface area (Å²) in [7, 11) is 0. The third-order valence-electron chi connectivity index (χ3n) is 3.76. The maximum absolute atomic E-state index is 13.3. The fourth-order valence-electron chi connectivity index (χ4n) is 2.57. The van der Waals surface area contributed by atoms with E-state index in [1.807, 2.05) is 6.07 Å². The molecule has 1 aromatic rings. The average molecular weight is 236 g/mol. The maximum Gasteiger partial charge on any atom is 0.148 e. The maximum atomic E-state index is 13.3. The van der Waals surface area contributed by atoms with Gasteiger partial charge in [-0.15, -0.1) is 0 Å². The van der Waals surface area contributed by atoms with E-state index < -0.39 is 0 Å². The van der Waals surface area contributed by atoms with Crippen LogP contribution in [0.25, 0.3) is 0 Å². The first-order chi connectivity index (χ1) is 8.18. The molecule has 1 saturated carbocycles. The summed E-state index contributed by atoms with van der Waals surface area (Å²) < 4.78 is 13.3. The molecule has 0 aromatic heterocycles. The van der Waals surface area contributed by atoms with E-state index in [0.29, 0.717) is 12.0 Å². The minimum atomic E-state index is -0.337. The van der Waals surface area contributed by atoms with Gasteiger partial charge >= 0.3 is 0 Å². The van der Waals surface area contributed by atoms with Crippen LogP contribution in [0.5, 0.6) is 0 Å². The Morgan fingerprint density at radius 2 is 2.00 bits per heavy atom. The zero-order valence-electron chi connectivity index (χ0n) is 10.4. The van der Waals surface area contributed by atoms with Crippen LogP contribution in [0.15, 0.2) is 18.2 Å². The summed E-state index contributed by atoms with van der Waals surface area (Å²) in [6.07, 6.45) is 6.25. The Balaban J connectivity index is 2.10. The molecule has 0 saturated heterocycles. The van der Waals surface area contributed by atoms with Crippen LogP contribution in [0.3, 0.4) is 0 Å². The second-order valence-corrected chi connectivity index (χ2v) is 5.07. The first-order valence-electron chi connectivity index (χ1n) is 6.49. The van der Waals surface area contributed by atoms with Crippen LogP contribution in [-0.4, -0.2) is 6.04 Å². The molecule has 94 valence electrons. The Labute approximate surface area is 102 Å². The van der Waals surface area contributed by atoms with Gasteiger partial charge in [-0.3, -0.25) is 0 Å². The van der Waals surface area contributed by atoms with Crippen LogP contribution in [0, 0.1) is 11.7 Å². The topological polar surface area (TPSA) is 38.0 Å². The van der Waals surface area contributed by atoms with Crippen molar-refractivity contribution in [2.75, 3.05) is 11.1 Å². The molecule has 0 amide bonds. The summed E-state index contributed by atoms with van der Waals surface area (Å²) >= 11 is 0. The second kappa shape index (κ2) is 5.39. The van der Waals surface area contributed by atoms with Crippen molar-refractivity contribution in [3.63, 3.8) is 0 Å². The second-order valence-electron chi connectivity index (χ2n) is 5.07. The van der Waals surface area contributed by atoms with Crippen molar-refractivity contribution in [1.29, 1.82) is 0 Å². The predicted octanol–water partition coefficient (Wildman–Crippen LogP) is 3.79. The SMILES string of the molecule is CC1CCCCCC1Nc1cccc(F)c1N. The highest BCUT2D eigenvalue weighted by atomic mass is 19.1. The van der Waals surface area contributed by atoms with E-state index in [2.05, 4.69) is 12.2 Å². The number of hydrogen-bond donors (Lipinski definition) is 2. The fraction of sp³-hybridized carbons (Fsp3) is 0.571. The molecule has 3 N–H and O–H groups in total. The number of benzene rings is 1. The lowest BCUT2D eigenvalue weighted by Gasteiger charge is -2.24. The van der Waals surface area contributed by atoms with Gasteiger partial charge in [0.25, 0.3) is 0 Å². The van der Waals surface area contributed by atoms with Crippen LogP contribution in [0.4, 0.5) is 15.8 Å². The fourth-order valence-corrected chi connectivity index (χ4v) is 2.57. The van der Waals surface area contributed by atoms with E-state index in [1.165, 1.54) is 31.7 Å². The van der Waals surface area contributed by atoms with E-state index in [0.717, 1.165) is 12.1 Å². The van der Waals surface area contributed by atoms with Gasteiger partial charge in [-0.25, -0.2) is 4.39 Å². The molecule has 0 aliphatic heterocycles. The molecule has 17 heavy (non-hydrogen) atoms. The van der Waals surface area contributed by atoms with Crippen LogP contribution < -0.4 is 11.1 Å². The normalized spacial score (nSPS) is 25.3. The largest absolute Gasteiger partial charge is 0.395 e. The molecular weight excluding hydrogens is 215 g/mol. The number of anilines is 2. The molecule has 2 unspecified atom stereocenters. The van der Waals surface area contributed by atoms with Gasteiger partial charge in [-0.1, -0.05) is 32.3 Å². The molecule has 2 nitrogen and oxygen atoms in total. The molecule has 1 aliphatic rings. The number of halogens is 1. The highest BCUT2D eigenvalue weighted by Crippen LogP contribution is 2.29. The van der Waals surface area contributed by atoms with Crippen molar-refractivity contribution in [2.45, 2.75) is 45.1 Å². The Morgan fingerprint density at radius 1 is 1.24 bits per heavy atom. The lowest BCUT2D eigenvalue weighted by Crippen LogP contribution is -2.26. The van der Waals surface area contributed by atoms with Crippen LogP contribution in [-0.2, 0) is 0 Å². The Kier molecular flexibility index (Phi) is 3.87. The van der Waals surface area contributed by atoms with Gasteiger partial charge in [0, 0.05) is 6.04 Å². The highest BCUT2D eigenvalue weighted by Gasteiger charge is 2.20. The smallest absolute Gasteiger partial charge is 0.148 e. The standard InChI is InChI=1S/C14H21FN2/c1-10-6-3-2-4-8-12(10)17-13-9-5-7-11(15)14(13)16/h5,7,9-10,12,17H,2-4,6,8,16H2,1H3. The molecule has 2 rings (SSSR count). The molecule has 0 heterocycles. The zero-order chi connectivity index (χ0) is 12.3. The Bertz CT molecular complexity index is 378. The van der Waals surface area contributed by atoms with Gasteiger partial charge in [0.05, 0.1) is 11.4 Å². The van der Waals surface area contributed by atoms with Gasteiger partial charge in [0.15, 0.2) is 0 Å². The van der Waals surface area contributed by atoms with Gasteiger partial charge in [0.1, 0.15) is 5.82 Å². The molecule has 1 aromatic carbocycles. The molecule has 1 aliphatic carbocycles. The zero-order valence-corrected chi connectivity index (χ0v) is 10.4. The lowest BCUT2D eigenvalue weighted by molar-refractivity contribution is 0.456. The van der Waals surface area contributed by atoms with E-state index in [-0.39, 0.29) is 11.5 Å². The summed E-state index contributed by atoms with van der Waals surface area (Å²) in [4.78, 5) is 0. The van der Waals surface area contributed by atoms with Crippen LogP contribution in [0.2, 0.25) is 0 Å². The first kappa shape index (κ1) is 12.2. The summed E-state index contributed by atoms with van der Waals surface area (Å²) in [5, 5.41) is 3.41. The summed E-state index contributed by atoms with van der Waals surface area (Å²) in [5.74, 6) is 0.288. The average Bonchev–Trinajstić information content (AvgIpc) is 2.51. The third-order valence-corrected chi connectivity index (χ3v) is 3.76. The molecule has 2 atom stereocenters. The summed E-state index contributed by atoms with van der Waals surface area (Å²) in [6, 6.07) is 5.38. The van der Waals surface area contributed by atoms with Gasteiger partial charge in [-0.2, -0.15) is 0 Å². The van der Waals surface area contributed by atoms with E-state index in [1.54, 1.807) is 6.07 Å². The number of nitrogens with two attached hydrogens (primary N) is 1. The van der Waals surface area contributed by atoms with E-state index >= 15 is 0 Å². The monoisotopic (exact) mass is 236 g/mol. The van der Waals surface area contributed by atoms with Gasteiger partial charge in [0.2, 0.25) is 0 Å². The first-order valence-corrected chi connectivity index (χ1v) is 6.49. The molecule has 3 heteroatoms. The third kappa shape index (κ3) is 2.90. The van der Waals surface area contributed by atoms with Crippen LogP contribution in [0.1, 0.15) is 39.0 Å². The number of hydrogen-bond acceptors (Lipinski definition) is 2. The lowest BCUT2D eigenvalue weighted by atomic mass is 9.96. The van der Waals surface area contributed by atoms with Crippen molar-refractivity contribution >= 4 is 11.4 Å². The van der Waals surface area contributed by atoms with Gasteiger partial charge < -0.3 is 11.1 Å². The van der Waals surface area contributed by atoms with Gasteiger partial charge in [-0.05, 0) is 30.9 Å².